The number of benzene rings is 2. The van der Waals surface area contributed by atoms with Gasteiger partial charge >= 0.3 is 0 Å². The summed E-state index contributed by atoms with van der Waals surface area (Å²) >= 11 is 0. The third-order valence-corrected chi connectivity index (χ3v) is 4.68. The van der Waals surface area contributed by atoms with Gasteiger partial charge in [-0.2, -0.15) is 0 Å². The molecule has 2 aromatic carbocycles. The number of amides is 2. The zero-order chi connectivity index (χ0) is 19.9. The Morgan fingerprint density at radius 1 is 1.14 bits per heavy atom. The van der Waals surface area contributed by atoms with Crippen LogP contribution in [0.5, 0.6) is 5.75 Å². The predicted octanol–water partition coefficient (Wildman–Crippen LogP) is 1.91. The van der Waals surface area contributed by atoms with Crippen LogP contribution in [-0.2, 0) is 11.3 Å². The van der Waals surface area contributed by atoms with Crippen LogP contribution in [0.1, 0.15) is 15.9 Å². The van der Waals surface area contributed by atoms with Crippen LogP contribution < -0.4 is 10.1 Å². The number of hydrogen-bond acceptors (Lipinski definition) is 4. The number of rotatable bonds is 6. The lowest BCUT2D eigenvalue weighted by molar-refractivity contribution is -0.132. The minimum Gasteiger partial charge on any atom is -0.497 e. The monoisotopic (exact) mass is 385 g/mol. The van der Waals surface area contributed by atoms with Crippen molar-refractivity contribution < 1.29 is 18.7 Å². The summed E-state index contributed by atoms with van der Waals surface area (Å²) in [5.41, 5.74) is 1.19. The molecule has 1 heterocycles. The van der Waals surface area contributed by atoms with Gasteiger partial charge in [0.2, 0.25) is 5.91 Å². The third-order valence-electron chi connectivity index (χ3n) is 4.68. The summed E-state index contributed by atoms with van der Waals surface area (Å²) in [5, 5.41) is 3.21. The van der Waals surface area contributed by atoms with Gasteiger partial charge in [0.15, 0.2) is 0 Å². The predicted molar refractivity (Wildman–Crippen MR) is 104 cm³/mol. The largest absolute Gasteiger partial charge is 0.497 e. The molecule has 1 saturated heterocycles. The molecule has 0 aromatic heterocycles. The van der Waals surface area contributed by atoms with E-state index in [1.165, 1.54) is 29.2 Å². The van der Waals surface area contributed by atoms with Gasteiger partial charge in [0.05, 0.1) is 7.11 Å². The van der Waals surface area contributed by atoms with Crippen LogP contribution in [0.25, 0.3) is 0 Å². The summed E-state index contributed by atoms with van der Waals surface area (Å²) in [5.74, 6) is -0.140. The van der Waals surface area contributed by atoms with Crippen LogP contribution in [0.4, 0.5) is 4.39 Å². The van der Waals surface area contributed by atoms with Crippen molar-refractivity contribution >= 4 is 11.8 Å². The molecule has 2 amide bonds. The lowest BCUT2D eigenvalue weighted by atomic mass is 10.1. The molecule has 1 aliphatic heterocycles. The van der Waals surface area contributed by atoms with Crippen molar-refractivity contribution in [1.29, 1.82) is 0 Å². The molecule has 6 nitrogen and oxygen atoms in total. The fourth-order valence-electron chi connectivity index (χ4n) is 3.14. The molecule has 1 aliphatic rings. The second-order valence-electron chi connectivity index (χ2n) is 6.65. The van der Waals surface area contributed by atoms with E-state index in [1.54, 1.807) is 12.0 Å². The number of nitrogens with zero attached hydrogens (tertiary/aromatic N) is 2. The fraction of sp³-hybridized carbons (Fsp3) is 0.333. The lowest BCUT2D eigenvalue weighted by Crippen LogP contribution is -2.50. The van der Waals surface area contributed by atoms with E-state index in [2.05, 4.69) is 5.32 Å². The molecule has 0 spiro atoms. The molecule has 0 bridgehead atoms. The molecule has 2 aromatic rings. The van der Waals surface area contributed by atoms with Crippen molar-refractivity contribution in [1.82, 2.24) is 15.1 Å². The smallest absolute Gasteiger partial charge is 0.254 e. The Bertz CT molecular complexity index is 820. The summed E-state index contributed by atoms with van der Waals surface area (Å²) < 4.78 is 18.5. The molecule has 0 atom stereocenters. The summed E-state index contributed by atoms with van der Waals surface area (Å²) in [4.78, 5) is 29.0. The van der Waals surface area contributed by atoms with E-state index in [0.29, 0.717) is 24.4 Å². The van der Waals surface area contributed by atoms with Crippen molar-refractivity contribution in [2.24, 2.45) is 0 Å². The molecule has 1 fully saturated rings. The standard InChI is InChI=1S/C21H24FN3O3/c1-28-19-4-2-3-16(13-19)14-25(15-20(26)24-11-9-23-10-12-24)21(27)17-5-7-18(22)8-6-17/h2-8,13,23H,9-12,14-15H2,1H3. The number of carbonyl (C=O) groups is 2. The fourth-order valence-corrected chi connectivity index (χ4v) is 3.14. The van der Waals surface area contributed by atoms with Gasteiger partial charge in [-0.25, -0.2) is 4.39 Å². The second-order valence-corrected chi connectivity index (χ2v) is 6.65. The van der Waals surface area contributed by atoms with Gasteiger partial charge in [0, 0.05) is 38.3 Å². The number of nitrogens with one attached hydrogen (secondary N) is 1. The Morgan fingerprint density at radius 2 is 1.86 bits per heavy atom. The molecule has 7 heteroatoms. The van der Waals surface area contributed by atoms with Gasteiger partial charge < -0.3 is 19.9 Å². The molecule has 0 saturated carbocycles. The number of carbonyl (C=O) groups excluding carboxylic acids is 2. The topological polar surface area (TPSA) is 61.9 Å². The van der Waals surface area contributed by atoms with Crippen LogP contribution in [0, 0.1) is 5.82 Å². The maximum absolute atomic E-state index is 13.2. The molecule has 28 heavy (non-hydrogen) atoms. The van der Waals surface area contributed by atoms with Gasteiger partial charge in [0.1, 0.15) is 18.1 Å². The molecule has 0 unspecified atom stereocenters. The molecule has 0 radical (unpaired) electrons. The van der Waals surface area contributed by atoms with Crippen molar-refractivity contribution in [2.45, 2.75) is 6.54 Å². The van der Waals surface area contributed by atoms with Crippen molar-refractivity contribution in [3.05, 3.63) is 65.5 Å². The number of halogens is 1. The van der Waals surface area contributed by atoms with E-state index in [0.717, 1.165) is 18.7 Å². The first-order valence-corrected chi connectivity index (χ1v) is 9.23. The Labute approximate surface area is 163 Å². The summed E-state index contributed by atoms with van der Waals surface area (Å²) in [6.07, 6.45) is 0. The van der Waals surface area contributed by atoms with Crippen LogP contribution in [-0.4, -0.2) is 61.4 Å². The molecule has 1 N–H and O–H groups in total. The summed E-state index contributed by atoms with van der Waals surface area (Å²) in [6, 6.07) is 12.7. The van der Waals surface area contributed by atoms with Gasteiger partial charge in [0.25, 0.3) is 5.91 Å². The highest BCUT2D eigenvalue weighted by molar-refractivity contribution is 5.96. The zero-order valence-corrected chi connectivity index (χ0v) is 15.9. The summed E-state index contributed by atoms with van der Waals surface area (Å²) in [7, 11) is 1.58. The highest BCUT2D eigenvalue weighted by Crippen LogP contribution is 2.16. The summed E-state index contributed by atoms with van der Waals surface area (Å²) in [6.45, 7) is 2.95. The van der Waals surface area contributed by atoms with E-state index in [9.17, 15) is 14.0 Å². The quantitative estimate of drug-likeness (QED) is 0.825. The van der Waals surface area contributed by atoms with Crippen molar-refractivity contribution in [3.63, 3.8) is 0 Å². The van der Waals surface area contributed by atoms with E-state index >= 15 is 0 Å². The first-order chi connectivity index (χ1) is 13.6. The van der Waals surface area contributed by atoms with Crippen LogP contribution in [0.3, 0.4) is 0 Å². The lowest BCUT2D eigenvalue weighted by Gasteiger charge is -2.30. The van der Waals surface area contributed by atoms with Gasteiger partial charge in [-0.3, -0.25) is 9.59 Å². The first kappa shape index (κ1) is 19.8. The maximum Gasteiger partial charge on any atom is 0.254 e. The minimum absolute atomic E-state index is 0.0343. The average Bonchev–Trinajstić information content (AvgIpc) is 2.74. The molecule has 3 rings (SSSR count). The van der Waals surface area contributed by atoms with Crippen LogP contribution in [0.2, 0.25) is 0 Å². The minimum atomic E-state index is -0.409. The molecule has 0 aliphatic carbocycles. The number of ether oxygens (including phenoxy) is 1. The Hall–Kier alpha value is -2.93. The van der Waals surface area contributed by atoms with E-state index < -0.39 is 5.82 Å². The second kappa shape index (κ2) is 9.32. The number of methoxy groups -OCH3 is 1. The van der Waals surface area contributed by atoms with E-state index in [1.807, 2.05) is 24.3 Å². The SMILES string of the molecule is COc1cccc(CN(CC(=O)N2CCNCC2)C(=O)c2ccc(F)cc2)c1. The van der Waals surface area contributed by atoms with Gasteiger partial charge in [-0.15, -0.1) is 0 Å². The van der Waals surface area contributed by atoms with Crippen LogP contribution in [0.15, 0.2) is 48.5 Å². The Kier molecular flexibility index (Phi) is 6.60. The third kappa shape index (κ3) is 5.07. The zero-order valence-electron chi connectivity index (χ0n) is 15.9. The highest BCUT2D eigenvalue weighted by atomic mass is 19.1. The van der Waals surface area contributed by atoms with E-state index in [4.69, 9.17) is 4.74 Å². The van der Waals surface area contributed by atoms with Gasteiger partial charge in [-0.1, -0.05) is 12.1 Å². The molecular formula is C21H24FN3O3. The van der Waals surface area contributed by atoms with Crippen molar-refractivity contribution in [2.75, 3.05) is 39.8 Å². The maximum atomic E-state index is 13.2. The average molecular weight is 385 g/mol. The normalized spacial score (nSPS) is 13.9. The number of piperazine rings is 1. The first-order valence-electron chi connectivity index (χ1n) is 9.23. The Morgan fingerprint density at radius 3 is 2.54 bits per heavy atom. The van der Waals surface area contributed by atoms with E-state index in [-0.39, 0.29) is 24.9 Å². The van der Waals surface area contributed by atoms with Crippen LogP contribution >= 0.6 is 0 Å². The molecule has 148 valence electrons. The number of hydrogen-bond donors (Lipinski definition) is 1. The van der Waals surface area contributed by atoms with Gasteiger partial charge in [-0.05, 0) is 42.0 Å². The Balaban J connectivity index is 1.80. The molecular weight excluding hydrogens is 361 g/mol. The van der Waals surface area contributed by atoms with Crippen molar-refractivity contribution in [3.8, 4) is 5.75 Å². The highest BCUT2D eigenvalue weighted by Gasteiger charge is 2.23.